The molecule has 4 aliphatic rings. The van der Waals surface area contributed by atoms with E-state index in [4.69, 9.17) is 4.42 Å². The molecular formula is C24H30O6. The molecule has 1 aromatic heterocycles. The zero-order chi connectivity index (χ0) is 21.3. The van der Waals surface area contributed by atoms with E-state index in [-0.39, 0.29) is 35.9 Å². The lowest BCUT2D eigenvalue weighted by Crippen LogP contribution is -2.62. The fourth-order valence-corrected chi connectivity index (χ4v) is 8.13. The first kappa shape index (κ1) is 20.1. The van der Waals surface area contributed by atoms with Crippen LogP contribution in [0.15, 0.2) is 27.6 Å². The lowest BCUT2D eigenvalue weighted by atomic mass is 9.43. The zero-order valence-corrected chi connectivity index (χ0v) is 17.4. The third-order valence-electron chi connectivity index (χ3n) is 9.54. The van der Waals surface area contributed by atoms with E-state index in [2.05, 4.69) is 0 Å². The quantitative estimate of drug-likeness (QED) is 0.721. The predicted molar refractivity (Wildman–Crippen MR) is 108 cm³/mol. The highest BCUT2D eigenvalue weighted by Crippen LogP contribution is 2.70. The summed E-state index contributed by atoms with van der Waals surface area (Å²) < 4.78 is 5.07. The second kappa shape index (κ2) is 6.60. The van der Waals surface area contributed by atoms with Crippen molar-refractivity contribution in [1.29, 1.82) is 0 Å². The van der Waals surface area contributed by atoms with Crippen LogP contribution in [0.2, 0.25) is 0 Å². The third kappa shape index (κ3) is 2.46. The van der Waals surface area contributed by atoms with Gasteiger partial charge >= 0.3 is 5.63 Å². The molecule has 30 heavy (non-hydrogen) atoms. The molecule has 6 nitrogen and oxygen atoms in total. The zero-order valence-electron chi connectivity index (χ0n) is 17.4. The molecule has 0 aromatic carbocycles. The van der Waals surface area contributed by atoms with E-state index in [0.29, 0.717) is 25.7 Å². The minimum Gasteiger partial charge on any atom is -0.431 e. The van der Waals surface area contributed by atoms with Crippen LogP contribution < -0.4 is 5.63 Å². The molecule has 0 radical (unpaired) electrons. The van der Waals surface area contributed by atoms with Crippen LogP contribution in [0.25, 0.3) is 0 Å². The Hall–Kier alpha value is -1.79. The van der Waals surface area contributed by atoms with Crippen LogP contribution in [-0.4, -0.2) is 34.0 Å². The molecule has 1 aromatic rings. The number of Topliss-reactive ketones (excluding diaryl/α,β-unsaturated/α-hetero) is 1. The molecule has 0 unspecified atom stereocenters. The first-order chi connectivity index (χ1) is 14.2. The van der Waals surface area contributed by atoms with Gasteiger partial charge in [-0.15, -0.1) is 0 Å². The molecule has 1 heterocycles. The molecule has 8 atom stereocenters. The van der Waals surface area contributed by atoms with E-state index in [0.717, 1.165) is 31.1 Å². The Balaban J connectivity index is 1.54. The van der Waals surface area contributed by atoms with Crippen LogP contribution >= 0.6 is 0 Å². The molecule has 5 rings (SSSR count). The van der Waals surface area contributed by atoms with Crippen molar-refractivity contribution in [3.63, 3.8) is 0 Å². The largest absolute Gasteiger partial charge is 0.431 e. The summed E-state index contributed by atoms with van der Waals surface area (Å²) in [6.07, 6.45) is 6.56. The summed E-state index contributed by atoms with van der Waals surface area (Å²) >= 11 is 0. The van der Waals surface area contributed by atoms with Crippen molar-refractivity contribution in [3.8, 4) is 0 Å². The fourth-order valence-electron chi connectivity index (χ4n) is 8.13. The van der Waals surface area contributed by atoms with Crippen molar-refractivity contribution in [3.05, 3.63) is 34.4 Å². The Morgan fingerprint density at radius 3 is 2.63 bits per heavy atom. The smallest absolute Gasteiger partial charge is 0.335 e. The number of carbonyl (C=O) groups excluding carboxylic acids is 2. The van der Waals surface area contributed by atoms with Gasteiger partial charge in [-0.25, -0.2) is 4.79 Å². The van der Waals surface area contributed by atoms with E-state index in [1.807, 2.05) is 6.92 Å². The van der Waals surface area contributed by atoms with Gasteiger partial charge in [0, 0.05) is 42.1 Å². The molecule has 0 amide bonds. The molecule has 6 heteroatoms. The number of rotatable bonds is 2. The van der Waals surface area contributed by atoms with Crippen LogP contribution in [0.4, 0.5) is 0 Å². The van der Waals surface area contributed by atoms with Crippen molar-refractivity contribution in [2.75, 3.05) is 0 Å². The van der Waals surface area contributed by atoms with Crippen LogP contribution in [0, 0.1) is 28.6 Å². The predicted octanol–water partition coefficient (Wildman–Crippen LogP) is 2.60. The molecule has 0 aliphatic heterocycles. The Morgan fingerprint density at radius 1 is 1.13 bits per heavy atom. The average Bonchev–Trinajstić information content (AvgIpc) is 2.93. The van der Waals surface area contributed by atoms with E-state index in [1.165, 1.54) is 12.3 Å². The fraction of sp³-hybridized carbons (Fsp3) is 0.708. The molecule has 4 fully saturated rings. The normalized spacial score (nSPS) is 47.8. The maximum Gasteiger partial charge on any atom is 0.335 e. The first-order valence-corrected chi connectivity index (χ1v) is 11.2. The summed E-state index contributed by atoms with van der Waals surface area (Å²) in [6.45, 7) is 2.04. The van der Waals surface area contributed by atoms with Gasteiger partial charge in [0.15, 0.2) is 0 Å². The Kier molecular flexibility index (Phi) is 4.43. The maximum atomic E-state index is 12.5. The molecule has 4 saturated carbocycles. The second-order valence-electron chi connectivity index (χ2n) is 10.5. The molecule has 4 aliphatic carbocycles. The molecule has 2 N–H and O–H groups in total. The van der Waals surface area contributed by atoms with E-state index >= 15 is 0 Å². The molecular weight excluding hydrogens is 384 g/mol. The summed E-state index contributed by atoms with van der Waals surface area (Å²) in [4.78, 5) is 35.9. The molecule has 0 bridgehead atoms. The molecule has 0 saturated heterocycles. The SMILES string of the molecule is C[C@]12CC[C@H]3[C@@H](CC[C@H]4CC(=O)CC[C@@]43C=O)[C@@]1(O)C[C@H](O)[C@@H]2c1ccc(=O)oc1. The lowest BCUT2D eigenvalue weighted by Gasteiger charge is -2.62. The second-order valence-corrected chi connectivity index (χ2v) is 10.5. The van der Waals surface area contributed by atoms with E-state index < -0.39 is 28.2 Å². The van der Waals surface area contributed by atoms with Gasteiger partial charge in [0.1, 0.15) is 12.1 Å². The summed E-state index contributed by atoms with van der Waals surface area (Å²) in [5.74, 6) is -0.0420. The van der Waals surface area contributed by atoms with Crippen molar-refractivity contribution in [1.82, 2.24) is 0 Å². The van der Waals surface area contributed by atoms with Crippen molar-refractivity contribution in [2.45, 2.75) is 75.9 Å². The Morgan fingerprint density at radius 2 is 1.93 bits per heavy atom. The van der Waals surface area contributed by atoms with Crippen LogP contribution in [-0.2, 0) is 9.59 Å². The number of fused-ring (bicyclic) bond motifs is 5. The number of aldehydes is 1. The maximum absolute atomic E-state index is 12.5. The minimum atomic E-state index is -1.10. The van der Waals surface area contributed by atoms with Gasteiger partial charge in [0.05, 0.1) is 18.0 Å². The number of aliphatic hydroxyl groups is 2. The first-order valence-electron chi connectivity index (χ1n) is 11.2. The highest BCUT2D eigenvalue weighted by molar-refractivity contribution is 5.82. The summed E-state index contributed by atoms with van der Waals surface area (Å²) in [7, 11) is 0. The number of hydrogen-bond donors (Lipinski definition) is 2. The van der Waals surface area contributed by atoms with Crippen molar-refractivity contribution < 1.29 is 24.2 Å². The van der Waals surface area contributed by atoms with Gasteiger partial charge in [-0.2, -0.15) is 0 Å². The Labute approximate surface area is 175 Å². The van der Waals surface area contributed by atoms with Gasteiger partial charge in [-0.1, -0.05) is 6.92 Å². The number of hydrogen-bond acceptors (Lipinski definition) is 6. The van der Waals surface area contributed by atoms with Crippen LogP contribution in [0.1, 0.15) is 69.8 Å². The summed E-state index contributed by atoms with van der Waals surface area (Å²) in [5.41, 5.74) is -1.90. The number of ketones is 1. The van der Waals surface area contributed by atoms with Gasteiger partial charge in [0.2, 0.25) is 0 Å². The standard InChI is InChI=1S/C24H30O6/c1-22-8-7-17-18(4-3-15-10-16(26)6-9-23(15,17)13-25)24(22,29)11-19(27)21(22)14-2-5-20(28)30-12-14/h2,5,12-13,15,17-19,21,27,29H,3-4,6-11H2,1H3/t15-,17-,18+,19-,21-,22+,23+,24-/m0/s1. The van der Waals surface area contributed by atoms with Gasteiger partial charge < -0.3 is 19.4 Å². The molecule has 162 valence electrons. The van der Waals surface area contributed by atoms with Crippen LogP contribution in [0.3, 0.4) is 0 Å². The lowest BCUT2D eigenvalue weighted by molar-refractivity contribution is -0.200. The van der Waals surface area contributed by atoms with Gasteiger partial charge in [-0.05, 0) is 61.5 Å². The topological polar surface area (TPSA) is 105 Å². The van der Waals surface area contributed by atoms with Gasteiger partial charge in [-0.3, -0.25) is 4.79 Å². The monoisotopic (exact) mass is 414 g/mol. The average molecular weight is 414 g/mol. The Bertz CT molecular complexity index is 917. The van der Waals surface area contributed by atoms with Crippen molar-refractivity contribution in [2.24, 2.45) is 28.6 Å². The van der Waals surface area contributed by atoms with E-state index in [1.54, 1.807) is 6.07 Å². The van der Waals surface area contributed by atoms with Gasteiger partial charge in [0.25, 0.3) is 0 Å². The summed E-state index contributed by atoms with van der Waals surface area (Å²) in [5, 5.41) is 23.2. The minimum absolute atomic E-state index is 0.0413. The third-order valence-corrected chi connectivity index (χ3v) is 9.54. The summed E-state index contributed by atoms with van der Waals surface area (Å²) in [6, 6.07) is 3.05. The highest BCUT2D eigenvalue weighted by atomic mass is 16.4. The van der Waals surface area contributed by atoms with Crippen molar-refractivity contribution >= 4 is 12.1 Å². The molecule has 0 spiro atoms. The number of carbonyl (C=O) groups is 2. The number of aliphatic hydroxyl groups excluding tert-OH is 1. The highest BCUT2D eigenvalue weighted by Gasteiger charge is 2.70. The van der Waals surface area contributed by atoms with Crippen LogP contribution in [0.5, 0.6) is 0 Å². The van der Waals surface area contributed by atoms with E-state index in [9.17, 15) is 24.6 Å².